The zero-order valence-corrected chi connectivity index (χ0v) is 23.3. The number of methoxy groups -OCH3 is 1. The topological polar surface area (TPSA) is 124 Å². The highest BCUT2D eigenvalue weighted by Gasteiger charge is 2.29. The highest BCUT2D eigenvalue weighted by Crippen LogP contribution is 2.41. The summed E-state index contributed by atoms with van der Waals surface area (Å²) in [5.41, 5.74) is 0.551. The number of nitrogens with one attached hydrogen (secondary N) is 1. The summed E-state index contributed by atoms with van der Waals surface area (Å²) in [7, 11) is -2.78. The van der Waals surface area contributed by atoms with Gasteiger partial charge in [-0.3, -0.25) is 14.4 Å². The van der Waals surface area contributed by atoms with Gasteiger partial charge in [-0.2, -0.15) is 13.2 Å². The summed E-state index contributed by atoms with van der Waals surface area (Å²) in [4.78, 5) is 24.9. The van der Waals surface area contributed by atoms with Crippen LogP contribution in [-0.2, 0) is 14.8 Å². The SMILES string of the molecule is COc1cc(-c2ccc(F)c(OCC(F)(F)F)c2)c(Cl)cc1N(C=O)c1ccc(S(=O)(=O)Nc2ccnc(C)n2)cn1. The molecule has 0 aliphatic heterocycles. The molecule has 0 unspecified atom stereocenters. The van der Waals surface area contributed by atoms with Gasteiger partial charge in [0.05, 0.1) is 17.8 Å². The molecule has 4 aromatic rings. The number of carbonyl (C=O) groups is 1. The van der Waals surface area contributed by atoms with E-state index in [1.165, 1.54) is 49.7 Å². The number of pyridine rings is 1. The van der Waals surface area contributed by atoms with E-state index in [0.717, 1.165) is 23.2 Å². The van der Waals surface area contributed by atoms with Crippen LogP contribution in [0, 0.1) is 12.7 Å². The number of aryl methyl sites for hydroxylation is 1. The molecule has 0 saturated heterocycles. The molecule has 0 aliphatic carbocycles. The Kier molecular flexibility index (Phi) is 8.82. The first-order valence-electron chi connectivity index (χ1n) is 11.7. The minimum absolute atomic E-state index is 0.00793. The fourth-order valence-electron chi connectivity index (χ4n) is 3.67. The van der Waals surface area contributed by atoms with E-state index in [1.807, 2.05) is 0 Å². The number of amides is 1. The average molecular weight is 626 g/mol. The number of aromatic nitrogens is 3. The quantitative estimate of drug-likeness (QED) is 0.176. The zero-order valence-electron chi connectivity index (χ0n) is 21.7. The standard InChI is InChI=1S/C26H20ClF4N5O5S/c1-15-32-8-7-24(34-15)35-42(38,39)17-4-6-25(33-12-17)36(14-37)21-11-19(27)18(10-23(21)40-2)16-3-5-20(28)22(9-16)41-13-26(29,30)31/h3-12,14H,13H2,1-2H3,(H,32,34,35). The Morgan fingerprint density at radius 2 is 1.83 bits per heavy atom. The third-order valence-corrected chi connectivity index (χ3v) is 7.21. The van der Waals surface area contributed by atoms with Gasteiger partial charge in [0.2, 0.25) is 6.41 Å². The number of hydrogen-bond acceptors (Lipinski definition) is 8. The second-order valence-corrected chi connectivity index (χ2v) is 10.6. The lowest BCUT2D eigenvalue weighted by molar-refractivity contribution is -0.153. The van der Waals surface area contributed by atoms with E-state index < -0.39 is 34.4 Å². The van der Waals surface area contributed by atoms with Crippen molar-refractivity contribution in [3.05, 3.63) is 77.6 Å². The Bertz CT molecular complexity index is 1720. The van der Waals surface area contributed by atoms with Gasteiger partial charge in [-0.25, -0.2) is 27.8 Å². The summed E-state index contributed by atoms with van der Waals surface area (Å²) in [5.74, 6) is -1.13. The molecule has 0 saturated carbocycles. The maximum Gasteiger partial charge on any atom is 0.422 e. The van der Waals surface area contributed by atoms with Crippen LogP contribution in [0.5, 0.6) is 11.5 Å². The van der Waals surface area contributed by atoms with E-state index in [4.69, 9.17) is 16.3 Å². The molecule has 220 valence electrons. The third-order valence-electron chi connectivity index (χ3n) is 5.56. The van der Waals surface area contributed by atoms with Gasteiger partial charge in [-0.1, -0.05) is 17.7 Å². The molecule has 0 bridgehead atoms. The predicted octanol–water partition coefficient (Wildman–Crippen LogP) is 5.68. The molecule has 10 nitrogen and oxygen atoms in total. The number of nitrogens with zero attached hydrogens (tertiary/aromatic N) is 4. The minimum Gasteiger partial charge on any atom is -0.495 e. The second-order valence-electron chi connectivity index (χ2n) is 8.48. The van der Waals surface area contributed by atoms with Gasteiger partial charge in [0.25, 0.3) is 10.0 Å². The molecule has 0 spiro atoms. The van der Waals surface area contributed by atoms with Crippen molar-refractivity contribution in [1.29, 1.82) is 0 Å². The van der Waals surface area contributed by atoms with Crippen molar-refractivity contribution in [3.8, 4) is 22.6 Å². The van der Waals surface area contributed by atoms with Crippen LogP contribution in [0.4, 0.5) is 34.9 Å². The van der Waals surface area contributed by atoms with Crippen molar-refractivity contribution in [2.75, 3.05) is 23.3 Å². The lowest BCUT2D eigenvalue weighted by atomic mass is 10.0. The molecule has 2 heterocycles. The van der Waals surface area contributed by atoms with Gasteiger partial charge in [-0.15, -0.1) is 0 Å². The Balaban J connectivity index is 1.64. The summed E-state index contributed by atoms with van der Waals surface area (Å²) in [6, 6.07) is 9.86. The molecule has 16 heteroatoms. The summed E-state index contributed by atoms with van der Waals surface area (Å²) in [5, 5.41) is 0.0228. The molecular formula is C26H20ClF4N5O5S. The maximum atomic E-state index is 14.1. The zero-order chi connectivity index (χ0) is 30.7. The van der Waals surface area contributed by atoms with Crippen LogP contribution in [0.3, 0.4) is 0 Å². The maximum absolute atomic E-state index is 14.1. The molecule has 42 heavy (non-hydrogen) atoms. The molecule has 0 radical (unpaired) electrons. The molecular weight excluding hydrogens is 606 g/mol. The fraction of sp³-hybridized carbons (Fsp3) is 0.154. The van der Waals surface area contributed by atoms with E-state index in [9.17, 15) is 30.8 Å². The van der Waals surface area contributed by atoms with Crippen LogP contribution >= 0.6 is 11.6 Å². The summed E-state index contributed by atoms with van der Waals surface area (Å²) < 4.78 is 89.6. The van der Waals surface area contributed by atoms with Crippen molar-refractivity contribution >= 4 is 45.4 Å². The summed E-state index contributed by atoms with van der Waals surface area (Å²) >= 11 is 6.47. The smallest absolute Gasteiger partial charge is 0.422 e. The first kappa shape index (κ1) is 30.5. The van der Waals surface area contributed by atoms with Gasteiger partial charge in [0.15, 0.2) is 18.2 Å². The largest absolute Gasteiger partial charge is 0.495 e. The van der Waals surface area contributed by atoms with E-state index in [-0.39, 0.29) is 44.1 Å². The van der Waals surface area contributed by atoms with Crippen LogP contribution in [0.2, 0.25) is 5.02 Å². The number of sulfonamides is 1. The highest BCUT2D eigenvalue weighted by molar-refractivity contribution is 7.92. The van der Waals surface area contributed by atoms with Crippen molar-refractivity contribution in [3.63, 3.8) is 0 Å². The van der Waals surface area contributed by atoms with Crippen molar-refractivity contribution in [1.82, 2.24) is 15.0 Å². The Morgan fingerprint density at radius 1 is 1.07 bits per heavy atom. The van der Waals surface area contributed by atoms with Gasteiger partial charge in [0, 0.05) is 18.0 Å². The molecule has 0 fully saturated rings. The number of carbonyl (C=O) groups excluding carboxylic acids is 1. The van der Waals surface area contributed by atoms with E-state index in [2.05, 4.69) is 24.4 Å². The van der Waals surface area contributed by atoms with Crippen molar-refractivity contribution in [2.45, 2.75) is 18.0 Å². The van der Waals surface area contributed by atoms with Gasteiger partial charge >= 0.3 is 6.18 Å². The van der Waals surface area contributed by atoms with E-state index in [1.54, 1.807) is 6.92 Å². The molecule has 1 N–H and O–H groups in total. The first-order chi connectivity index (χ1) is 19.8. The summed E-state index contributed by atoms with van der Waals surface area (Å²) in [6.07, 6.45) is -1.85. The Labute approximate surface area is 242 Å². The predicted molar refractivity (Wildman–Crippen MR) is 145 cm³/mol. The monoisotopic (exact) mass is 625 g/mol. The number of halogens is 5. The minimum atomic E-state index is -4.67. The number of alkyl halides is 3. The average Bonchev–Trinajstić information content (AvgIpc) is 2.93. The molecule has 1 amide bonds. The fourth-order valence-corrected chi connectivity index (χ4v) is 4.89. The Morgan fingerprint density at radius 3 is 2.45 bits per heavy atom. The molecule has 2 aromatic heterocycles. The Hall–Kier alpha value is -4.50. The van der Waals surface area contributed by atoms with Crippen LogP contribution in [0.1, 0.15) is 5.82 Å². The first-order valence-corrected chi connectivity index (χ1v) is 13.6. The second kappa shape index (κ2) is 12.2. The third kappa shape index (κ3) is 7.03. The normalized spacial score (nSPS) is 11.6. The van der Waals surface area contributed by atoms with Crippen LogP contribution < -0.4 is 19.1 Å². The number of ether oxygens (including phenoxy) is 2. The summed E-state index contributed by atoms with van der Waals surface area (Å²) in [6.45, 7) is -0.0969. The van der Waals surface area contributed by atoms with Gasteiger partial charge < -0.3 is 9.47 Å². The molecule has 4 rings (SSSR count). The number of rotatable bonds is 10. The van der Waals surface area contributed by atoms with E-state index >= 15 is 0 Å². The molecule has 0 atom stereocenters. The van der Waals surface area contributed by atoms with Gasteiger partial charge in [0.1, 0.15) is 28.1 Å². The van der Waals surface area contributed by atoms with E-state index in [0.29, 0.717) is 12.2 Å². The number of hydrogen-bond donors (Lipinski definition) is 1. The molecule has 2 aromatic carbocycles. The number of benzene rings is 2. The molecule has 0 aliphatic rings. The number of anilines is 3. The van der Waals surface area contributed by atoms with Gasteiger partial charge in [-0.05, 0) is 55.0 Å². The lowest BCUT2D eigenvalue weighted by Crippen LogP contribution is -2.19. The van der Waals surface area contributed by atoms with Crippen LogP contribution in [0.15, 0.2) is 65.8 Å². The highest BCUT2D eigenvalue weighted by atomic mass is 35.5. The van der Waals surface area contributed by atoms with Crippen molar-refractivity contribution in [2.24, 2.45) is 0 Å². The van der Waals surface area contributed by atoms with Crippen LogP contribution in [-0.4, -0.2) is 49.7 Å². The van der Waals surface area contributed by atoms with Crippen LogP contribution in [0.25, 0.3) is 11.1 Å². The van der Waals surface area contributed by atoms with Crippen molar-refractivity contribution < 1.29 is 40.2 Å². The lowest BCUT2D eigenvalue weighted by Gasteiger charge is -2.21.